The normalized spacial score (nSPS) is 13.2. The van der Waals surface area contributed by atoms with E-state index in [9.17, 15) is 0 Å². The predicted octanol–water partition coefficient (Wildman–Crippen LogP) is 3.27. The van der Waals surface area contributed by atoms with Gasteiger partial charge in [0.1, 0.15) is 0 Å². The zero-order valence-electron chi connectivity index (χ0n) is 9.22. The second-order valence-electron chi connectivity index (χ2n) is 3.78. The lowest BCUT2D eigenvalue weighted by atomic mass is 10.1. The Morgan fingerprint density at radius 1 is 1.38 bits per heavy atom. The first-order valence-electron chi connectivity index (χ1n) is 5.22. The van der Waals surface area contributed by atoms with Crippen molar-refractivity contribution in [3.63, 3.8) is 0 Å². The molecule has 0 atom stereocenters. The standard InChI is InChI=1S/C12H23N/c1-4-12(9-10-13)8-6-5-7-11(2)3/h4,6,8,11H,5,7,9-10,13H2,1-3H3. The molecule has 0 heterocycles. The molecule has 0 amide bonds. The van der Waals surface area contributed by atoms with E-state index in [0.29, 0.717) is 0 Å². The third-order valence-electron chi connectivity index (χ3n) is 2.05. The smallest absolute Gasteiger partial charge is 0.00368 e. The molecule has 0 fully saturated rings. The Kier molecular flexibility index (Phi) is 7.71. The summed E-state index contributed by atoms with van der Waals surface area (Å²) in [5.41, 5.74) is 6.84. The molecule has 1 heteroatoms. The van der Waals surface area contributed by atoms with Gasteiger partial charge < -0.3 is 5.73 Å². The van der Waals surface area contributed by atoms with Gasteiger partial charge in [0.25, 0.3) is 0 Å². The van der Waals surface area contributed by atoms with Gasteiger partial charge in [0.15, 0.2) is 0 Å². The summed E-state index contributed by atoms with van der Waals surface area (Å²) in [6.07, 6.45) is 10.0. The first-order chi connectivity index (χ1) is 6.20. The molecular weight excluding hydrogens is 158 g/mol. The first-order valence-corrected chi connectivity index (χ1v) is 5.22. The van der Waals surface area contributed by atoms with Gasteiger partial charge >= 0.3 is 0 Å². The van der Waals surface area contributed by atoms with E-state index in [4.69, 9.17) is 5.73 Å². The molecule has 0 saturated heterocycles. The molecule has 0 aliphatic rings. The van der Waals surface area contributed by atoms with E-state index >= 15 is 0 Å². The fourth-order valence-corrected chi connectivity index (χ4v) is 1.15. The van der Waals surface area contributed by atoms with E-state index in [1.165, 1.54) is 18.4 Å². The summed E-state index contributed by atoms with van der Waals surface area (Å²) in [4.78, 5) is 0. The van der Waals surface area contributed by atoms with Gasteiger partial charge in [-0.2, -0.15) is 0 Å². The van der Waals surface area contributed by atoms with Crippen molar-refractivity contribution in [3.05, 3.63) is 23.8 Å². The molecule has 0 aliphatic heterocycles. The van der Waals surface area contributed by atoms with Crippen LogP contribution in [0.25, 0.3) is 0 Å². The van der Waals surface area contributed by atoms with Gasteiger partial charge in [-0.05, 0) is 38.6 Å². The van der Waals surface area contributed by atoms with Crippen molar-refractivity contribution >= 4 is 0 Å². The maximum Gasteiger partial charge on any atom is -0.00368 e. The van der Waals surface area contributed by atoms with E-state index < -0.39 is 0 Å². The highest BCUT2D eigenvalue weighted by molar-refractivity contribution is 5.17. The third kappa shape index (κ3) is 7.79. The topological polar surface area (TPSA) is 26.0 Å². The van der Waals surface area contributed by atoms with Crippen molar-refractivity contribution in [3.8, 4) is 0 Å². The highest BCUT2D eigenvalue weighted by atomic mass is 14.5. The largest absolute Gasteiger partial charge is 0.330 e. The summed E-state index contributed by atoms with van der Waals surface area (Å²) >= 11 is 0. The zero-order valence-corrected chi connectivity index (χ0v) is 9.22. The van der Waals surface area contributed by atoms with Gasteiger partial charge in [-0.25, -0.2) is 0 Å². The first kappa shape index (κ1) is 12.4. The van der Waals surface area contributed by atoms with Gasteiger partial charge in [0.05, 0.1) is 0 Å². The zero-order chi connectivity index (χ0) is 10.1. The minimum atomic E-state index is 0.744. The summed E-state index contributed by atoms with van der Waals surface area (Å²) < 4.78 is 0. The van der Waals surface area contributed by atoms with Gasteiger partial charge in [0, 0.05) is 0 Å². The van der Waals surface area contributed by atoms with E-state index in [1.54, 1.807) is 0 Å². The van der Waals surface area contributed by atoms with Gasteiger partial charge in [-0.3, -0.25) is 0 Å². The van der Waals surface area contributed by atoms with Crippen molar-refractivity contribution in [2.45, 2.75) is 40.0 Å². The molecule has 2 N–H and O–H groups in total. The molecule has 0 spiro atoms. The minimum Gasteiger partial charge on any atom is -0.330 e. The molecule has 1 nitrogen and oxygen atoms in total. The third-order valence-corrected chi connectivity index (χ3v) is 2.05. The second-order valence-corrected chi connectivity index (χ2v) is 3.78. The molecule has 0 aliphatic carbocycles. The van der Waals surface area contributed by atoms with Crippen LogP contribution >= 0.6 is 0 Å². The van der Waals surface area contributed by atoms with Crippen LogP contribution in [0.1, 0.15) is 40.0 Å². The number of hydrogen-bond acceptors (Lipinski definition) is 1. The Balaban J connectivity index is 3.68. The van der Waals surface area contributed by atoms with Gasteiger partial charge in [0.2, 0.25) is 0 Å². The molecule has 76 valence electrons. The van der Waals surface area contributed by atoms with Crippen LogP contribution in [0.15, 0.2) is 23.8 Å². The summed E-state index contributed by atoms with van der Waals surface area (Å²) in [7, 11) is 0. The lowest BCUT2D eigenvalue weighted by Crippen LogP contribution is -1.98. The molecule has 0 unspecified atom stereocenters. The van der Waals surface area contributed by atoms with Crippen molar-refractivity contribution < 1.29 is 0 Å². The molecule has 0 radical (unpaired) electrons. The van der Waals surface area contributed by atoms with Crippen LogP contribution in [0.2, 0.25) is 0 Å². The maximum absolute atomic E-state index is 5.48. The summed E-state index contributed by atoms with van der Waals surface area (Å²) in [5.74, 6) is 0.799. The molecule has 0 rings (SSSR count). The van der Waals surface area contributed by atoms with Crippen LogP contribution in [-0.2, 0) is 0 Å². The lowest BCUT2D eigenvalue weighted by molar-refractivity contribution is 0.594. The van der Waals surface area contributed by atoms with E-state index in [1.807, 2.05) is 0 Å². The fraction of sp³-hybridized carbons (Fsp3) is 0.667. The minimum absolute atomic E-state index is 0.744. The fourth-order valence-electron chi connectivity index (χ4n) is 1.15. The number of hydrogen-bond donors (Lipinski definition) is 1. The molecule has 0 aromatic rings. The summed E-state index contributed by atoms with van der Waals surface area (Å²) in [6, 6.07) is 0. The second kappa shape index (κ2) is 8.06. The average Bonchev–Trinajstić information content (AvgIpc) is 2.10. The van der Waals surface area contributed by atoms with Crippen LogP contribution in [0.3, 0.4) is 0 Å². The Morgan fingerprint density at radius 2 is 2.08 bits per heavy atom. The molecule has 13 heavy (non-hydrogen) atoms. The quantitative estimate of drug-likeness (QED) is 0.625. The van der Waals surface area contributed by atoms with Crippen molar-refractivity contribution in [1.29, 1.82) is 0 Å². The van der Waals surface area contributed by atoms with Gasteiger partial charge in [-0.15, -0.1) is 0 Å². The van der Waals surface area contributed by atoms with Crippen molar-refractivity contribution in [1.82, 2.24) is 0 Å². The number of nitrogens with two attached hydrogens (primary N) is 1. The predicted molar refractivity (Wildman–Crippen MR) is 60.6 cm³/mol. The molecular formula is C12H23N. The Labute approximate surface area is 82.7 Å². The SMILES string of the molecule is CC=C(C=CCCC(C)C)CCN. The summed E-state index contributed by atoms with van der Waals surface area (Å²) in [6.45, 7) is 7.32. The lowest BCUT2D eigenvalue weighted by Gasteiger charge is -2.00. The Bertz CT molecular complexity index is 166. The van der Waals surface area contributed by atoms with Crippen LogP contribution in [0.4, 0.5) is 0 Å². The average molecular weight is 181 g/mol. The Morgan fingerprint density at radius 3 is 2.54 bits per heavy atom. The van der Waals surface area contributed by atoms with Crippen molar-refractivity contribution in [2.75, 3.05) is 6.54 Å². The van der Waals surface area contributed by atoms with Gasteiger partial charge in [-0.1, -0.05) is 37.6 Å². The molecule has 0 saturated carbocycles. The van der Waals surface area contributed by atoms with Crippen LogP contribution in [-0.4, -0.2) is 6.54 Å². The van der Waals surface area contributed by atoms with E-state index in [2.05, 4.69) is 39.0 Å². The summed E-state index contributed by atoms with van der Waals surface area (Å²) in [5, 5.41) is 0. The van der Waals surface area contributed by atoms with E-state index in [0.717, 1.165) is 18.9 Å². The van der Waals surface area contributed by atoms with Crippen LogP contribution in [0.5, 0.6) is 0 Å². The van der Waals surface area contributed by atoms with Crippen LogP contribution < -0.4 is 5.73 Å². The van der Waals surface area contributed by atoms with Crippen LogP contribution in [0, 0.1) is 5.92 Å². The molecule has 0 aromatic heterocycles. The number of rotatable bonds is 6. The van der Waals surface area contributed by atoms with Crippen molar-refractivity contribution in [2.24, 2.45) is 11.7 Å². The molecule has 0 bridgehead atoms. The molecule has 0 aromatic carbocycles. The number of allylic oxidation sites excluding steroid dienone is 3. The maximum atomic E-state index is 5.48. The Hall–Kier alpha value is -0.560. The highest BCUT2D eigenvalue weighted by Crippen LogP contribution is 2.07. The highest BCUT2D eigenvalue weighted by Gasteiger charge is 1.91. The van der Waals surface area contributed by atoms with E-state index in [-0.39, 0.29) is 0 Å². The monoisotopic (exact) mass is 181 g/mol.